The van der Waals surface area contributed by atoms with E-state index >= 15 is 0 Å². The fraction of sp³-hybridized carbons (Fsp3) is 0. The van der Waals surface area contributed by atoms with Gasteiger partial charge < -0.3 is 0 Å². The monoisotopic (exact) mass is 298 g/mol. The van der Waals surface area contributed by atoms with Gasteiger partial charge in [-0.05, 0) is 46.5 Å². The standard InChI is InChI=1S/C18H12Cl2/c19-15-7-3-5-13(11-15)17-9-1-2-10-18(17)14-6-4-8-16(20)12-14/h1-12H. The van der Waals surface area contributed by atoms with Crippen LogP contribution < -0.4 is 0 Å². The molecule has 0 saturated carbocycles. The Balaban J connectivity index is 2.18. The van der Waals surface area contributed by atoms with Crippen LogP contribution in [0.3, 0.4) is 0 Å². The molecule has 0 aliphatic rings. The summed E-state index contributed by atoms with van der Waals surface area (Å²) in [6.45, 7) is 0. The second kappa shape index (κ2) is 5.70. The Hall–Kier alpha value is -1.76. The molecule has 0 aliphatic heterocycles. The van der Waals surface area contributed by atoms with Crippen molar-refractivity contribution in [1.82, 2.24) is 0 Å². The molecule has 0 heterocycles. The minimum atomic E-state index is 0.739. The number of halogens is 2. The summed E-state index contributed by atoms with van der Waals surface area (Å²) in [4.78, 5) is 0. The zero-order valence-electron chi connectivity index (χ0n) is 10.7. The molecule has 2 heteroatoms. The average molecular weight is 299 g/mol. The van der Waals surface area contributed by atoms with Crippen molar-refractivity contribution in [2.24, 2.45) is 0 Å². The first-order valence-electron chi connectivity index (χ1n) is 6.35. The van der Waals surface area contributed by atoms with E-state index in [0.29, 0.717) is 0 Å². The molecule has 0 fully saturated rings. The molecule has 0 N–H and O–H groups in total. The van der Waals surface area contributed by atoms with E-state index in [-0.39, 0.29) is 0 Å². The lowest BCUT2D eigenvalue weighted by Gasteiger charge is -2.10. The fourth-order valence-electron chi connectivity index (χ4n) is 2.30. The molecule has 0 radical (unpaired) electrons. The van der Waals surface area contributed by atoms with Gasteiger partial charge in [0.15, 0.2) is 0 Å². The molecule has 0 atom stereocenters. The largest absolute Gasteiger partial charge is 0.0843 e. The molecule has 0 amide bonds. The second-order valence-electron chi connectivity index (χ2n) is 4.57. The highest BCUT2D eigenvalue weighted by atomic mass is 35.5. The Morgan fingerprint density at radius 2 is 0.950 bits per heavy atom. The summed E-state index contributed by atoms with van der Waals surface area (Å²) in [6.07, 6.45) is 0. The zero-order valence-corrected chi connectivity index (χ0v) is 12.2. The van der Waals surface area contributed by atoms with E-state index in [1.54, 1.807) is 0 Å². The van der Waals surface area contributed by atoms with Crippen LogP contribution in [0.1, 0.15) is 0 Å². The van der Waals surface area contributed by atoms with Crippen LogP contribution in [0.15, 0.2) is 72.8 Å². The first kappa shape index (κ1) is 13.2. The van der Waals surface area contributed by atoms with E-state index in [1.165, 1.54) is 0 Å². The SMILES string of the molecule is Clc1cccc(-c2ccccc2-c2cccc(Cl)c2)c1. The lowest BCUT2D eigenvalue weighted by molar-refractivity contribution is 1.58. The minimum Gasteiger partial charge on any atom is -0.0843 e. The first-order valence-corrected chi connectivity index (χ1v) is 7.10. The van der Waals surface area contributed by atoms with Crippen molar-refractivity contribution in [3.63, 3.8) is 0 Å². The number of hydrogen-bond donors (Lipinski definition) is 0. The van der Waals surface area contributed by atoms with E-state index in [2.05, 4.69) is 24.3 Å². The van der Waals surface area contributed by atoms with Crippen LogP contribution in [0.5, 0.6) is 0 Å². The van der Waals surface area contributed by atoms with Crippen LogP contribution in [0.2, 0.25) is 10.0 Å². The maximum Gasteiger partial charge on any atom is 0.0412 e. The highest BCUT2D eigenvalue weighted by Gasteiger charge is 2.07. The summed E-state index contributed by atoms with van der Waals surface area (Å²) in [5, 5.41) is 1.48. The van der Waals surface area contributed by atoms with E-state index in [9.17, 15) is 0 Å². The van der Waals surface area contributed by atoms with Crippen molar-refractivity contribution in [2.75, 3.05) is 0 Å². The normalized spacial score (nSPS) is 10.5. The molecule has 20 heavy (non-hydrogen) atoms. The van der Waals surface area contributed by atoms with Gasteiger partial charge in [0, 0.05) is 10.0 Å². The van der Waals surface area contributed by atoms with Crippen LogP contribution in [0.4, 0.5) is 0 Å². The third-order valence-electron chi connectivity index (χ3n) is 3.20. The smallest absolute Gasteiger partial charge is 0.0412 e. The average Bonchev–Trinajstić information content (AvgIpc) is 2.47. The van der Waals surface area contributed by atoms with Gasteiger partial charge >= 0.3 is 0 Å². The minimum absolute atomic E-state index is 0.739. The van der Waals surface area contributed by atoms with Crippen molar-refractivity contribution in [2.45, 2.75) is 0 Å². The topological polar surface area (TPSA) is 0 Å². The van der Waals surface area contributed by atoms with Crippen molar-refractivity contribution < 1.29 is 0 Å². The molecule has 0 nitrogen and oxygen atoms in total. The first-order chi connectivity index (χ1) is 9.74. The van der Waals surface area contributed by atoms with Gasteiger partial charge in [-0.15, -0.1) is 0 Å². The number of hydrogen-bond acceptors (Lipinski definition) is 0. The van der Waals surface area contributed by atoms with Gasteiger partial charge in [-0.3, -0.25) is 0 Å². The Morgan fingerprint density at radius 3 is 1.35 bits per heavy atom. The van der Waals surface area contributed by atoms with Crippen LogP contribution in [0.25, 0.3) is 22.3 Å². The fourth-order valence-corrected chi connectivity index (χ4v) is 2.68. The summed E-state index contributed by atoms with van der Waals surface area (Å²) < 4.78 is 0. The van der Waals surface area contributed by atoms with Gasteiger partial charge in [-0.1, -0.05) is 71.7 Å². The predicted octanol–water partition coefficient (Wildman–Crippen LogP) is 6.33. The highest BCUT2D eigenvalue weighted by molar-refractivity contribution is 6.31. The molecule has 0 unspecified atom stereocenters. The Morgan fingerprint density at radius 1 is 0.500 bits per heavy atom. The zero-order chi connectivity index (χ0) is 13.9. The number of rotatable bonds is 2. The summed E-state index contributed by atoms with van der Waals surface area (Å²) in [7, 11) is 0. The van der Waals surface area contributed by atoms with Gasteiger partial charge in [0.2, 0.25) is 0 Å². The molecule has 0 aliphatic carbocycles. The highest BCUT2D eigenvalue weighted by Crippen LogP contribution is 2.33. The quantitative estimate of drug-likeness (QED) is 0.519. The molecule has 98 valence electrons. The predicted molar refractivity (Wildman–Crippen MR) is 87.3 cm³/mol. The molecular weight excluding hydrogens is 287 g/mol. The van der Waals surface area contributed by atoms with E-state index in [0.717, 1.165) is 32.3 Å². The van der Waals surface area contributed by atoms with Crippen LogP contribution >= 0.6 is 23.2 Å². The van der Waals surface area contributed by atoms with Gasteiger partial charge in [0.1, 0.15) is 0 Å². The van der Waals surface area contributed by atoms with Crippen LogP contribution in [0, 0.1) is 0 Å². The third kappa shape index (κ3) is 2.72. The number of benzene rings is 3. The second-order valence-corrected chi connectivity index (χ2v) is 5.44. The summed E-state index contributed by atoms with van der Waals surface area (Å²) in [5.41, 5.74) is 4.51. The van der Waals surface area contributed by atoms with Crippen LogP contribution in [-0.2, 0) is 0 Å². The lowest BCUT2D eigenvalue weighted by atomic mass is 9.95. The van der Waals surface area contributed by atoms with Crippen LogP contribution in [-0.4, -0.2) is 0 Å². The van der Waals surface area contributed by atoms with E-state index in [1.807, 2.05) is 48.5 Å². The molecule has 0 spiro atoms. The molecule has 3 aromatic carbocycles. The Kier molecular flexibility index (Phi) is 3.77. The summed E-state index contributed by atoms with van der Waals surface area (Å²) in [6, 6.07) is 24.0. The summed E-state index contributed by atoms with van der Waals surface area (Å²) in [5.74, 6) is 0. The molecule has 3 aromatic rings. The van der Waals surface area contributed by atoms with E-state index < -0.39 is 0 Å². The van der Waals surface area contributed by atoms with Gasteiger partial charge in [-0.25, -0.2) is 0 Å². The van der Waals surface area contributed by atoms with Crippen molar-refractivity contribution in [3.05, 3.63) is 82.8 Å². The molecule has 3 rings (SSSR count). The van der Waals surface area contributed by atoms with Crippen molar-refractivity contribution in [3.8, 4) is 22.3 Å². The van der Waals surface area contributed by atoms with Gasteiger partial charge in [0.05, 0.1) is 0 Å². The third-order valence-corrected chi connectivity index (χ3v) is 3.67. The van der Waals surface area contributed by atoms with Crippen molar-refractivity contribution in [1.29, 1.82) is 0 Å². The van der Waals surface area contributed by atoms with E-state index in [4.69, 9.17) is 23.2 Å². The molecule has 0 aromatic heterocycles. The Labute approximate surface area is 128 Å². The van der Waals surface area contributed by atoms with Crippen molar-refractivity contribution >= 4 is 23.2 Å². The molecular formula is C18H12Cl2. The Bertz CT molecular complexity index is 683. The molecule has 0 saturated heterocycles. The lowest BCUT2D eigenvalue weighted by Crippen LogP contribution is -1.85. The maximum absolute atomic E-state index is 6.10. The maximum atomic E-state index is 6.10. The molecule has 0 bridgehead atoms. The van der Waals surface area contributed by atoms with Gasteiger partial charge in [-0.2, -0.15) is 0 Å². The summed E-state index contributed by atoms with van der Waals surface area (Å²) >= 11 is 12.2. The van der Waals surface area contributed by atoms with Gasteiger partial charge in [0.25, 0.3) is 0 Å².